The summed E-state index contributed by atoms with van der Waals surface area (Å²) in [6.45, 7) is 1.94. The van der Waals surface area contributed by atoms with Crippen molar-refractivity contribution in [2.45, 2.75) is 73.5 Å². The molecule has 2 bridgehead atoms. The van der Waals surface area contributed by atoms with Gasteiger partial charge in [0.15, 0.2) is 11.5 Å². The first-order valence-electron chi connectivity index (χ1n) is 13.6. The molecular weight excluding hydrogens is 488 g/mol. The van der Waals surface area contributed by atoms with Gasteiger partial charge >= 0.3 is 0 Å². The Labute approximate surface area is 219 Å². The van der Waals surface area contributed by atoms with Gasteiger partial charge in [-0.15, -0.1) is 0 Å². The molecule has 3 fully saturated rings. The van der Waals surface area contributed by atoms with Crippen LogP contribution in [0.1, 0.15) is 48.8 Å². The molecule has 1 N–H and O–H groups in total. The van der Waals surface area contributed by atoms with Gasteiger partial charge in [-0.3, -0.25) is 4.90 Å². The summed E-state index contributed by atoms with van der Waals surface area (Å²) in [4.78, 5) is 2.53. The lowest BCUT2D eigenvalue weighted by Crippen LogP contribution is -2.78. The average Bonchev–Trinajstić information content (AvgIpc) is 3.63. The van der Waals surface area contributed by atoms with Crippen molar-refractivity contribution in [2.75, 3.05) is 27.2 Å². The summed E-state index contributed by atoms with van der Waals surface area (Å²) >= 11 is 0. The van der Waals surface area contributed by atoms with Crippen LogP contribution in [0.15, 0.2) is 42.5 Å². The average molecular weight is 525 g/mol. The summed E-state index contributed by atoms with van der Waals surface area (Å²) in [6, 6.07) is 13.1. The molecular formula is C29H36N2O5S. The molecule has 2 saturated carbocycles. The zero-order valence-electron chi connectivity index (χ0n) is 21.6. The van der Waals surface area contributed by atoms with E-state index in [1.807, 2.05) is 36.4 Å². The number of piperidine rings is 1. The van der Waals surface area contributed by atoms with Gasteiger partial charge in [0.1, 0.15) is 6.10 Å². The van der Waals surface area contributed by atoms with E-state index in [1.54, 1.807) is 14.2 Å². The molecule has 0 aromatic heterocycles. The van der Waals surface area contributed by atoms with Crippen LogP contribution in [0, 0.1) is 5.92 Å². The van der Waals surface area contributed by atoms with Gasteiger partial charge in [-0.05, 0) is 68.2 Å². The number of sulfonamides is 1. The van der Waals surface area contributed by atoms with Gasteiger partial charge in [0.25, 0.3) is 0 Å². The van der Waals surface area contributed by atoms with Crippen LogP contribution < -0.4 is 9.47 Å². The minimum Gasteiger partial charge on any atom is -0.493 e. The van der Waals surface area contributed by atoms with E-state index in [1.165, 1.54) is 22.7 Å². The number of aliphatic hydroxyl groups is 1. The maximum Gasteiger partial charge on any atom is 0.218 e. The molecule has 3 aliphatic carbocycles. The fourth-order valence-corrected chi connectivity index (χ4v) is 9.52. The molecule has 8 heteroatoms. The summed E-state index contributed by atoms with van der Waals surface area (Å²) in [5, 5.41) is 12.7. The van der Waals surface area contributed by atoms with E-state index in [2.05, 4.69) is 11.0 Å². The Kier molecular flexibility index (Phi) is 5.30. The third-order valence-electron chi connectivity index (χ3n) is 10.0. The largest absolute Gasteiger partial charge is 0.493 e. The lowest BCUT2D eigenvalue weighted by atomic mass is 9.48. The van der Waals surface area contributed by atoms with Crippen molar-refractivity contribution >= 4 is 10.0 Å². The van der Waals surface area contributed by atoms with Crippen molar-refractivity contribution < 1.29 is 23.0 Å². The minimum absolute atomic E-state index is 0.0203. The molecule has 2 aromatic rings. The Balaban J connectivity index is 1.31. The SMILES string of the molecule is COc1ccc2c3c1O[C@H]1[C@H](N(C)S(=O)(=O)Cc4ccccc4)CC[C@@]4(O)[C@@H](C2)N(CC2CC2)CC[C@]314. The Hall–Kier alpha value is -2.13. The molecule has 198 valence electrons. The maximum absolute atomic E-state index is 13.7. The molecule has 2 heterocycles. The summed E-state index contributed by atoms with van der Waals surface area (Å²) in [5.74, 6) is 2.06. The summed E-state index contributed by atoms with van der Waals surface area (Å²) in [5.41, 5.74) is 1.44. The zero-order valence-corrected chi connectivity index (χ0v) is 22.4. The van der Waals surface area contributed by atoms with Crippen molar-refractivity contribution in [1.29, 1.82) is 0 Å². The molecule has 2 aliphatic heterocycles. The Morgan fingerprint density at radius 1 is 1.14 bits per heavy atom. The second kappa shape index (κ2) is 8.18. The first kappa shape index (κ1) is 23.9. The molecule has 7 nitrogen and oxygen atoms in total. The van der Waals surface area contributed by atoms with Crippen LogP contribution in [0.25, 0.3) is 0 Å². The molecule has 5 atom stereocenters. The third-order valence-corrected chi connectivity index (χ3v) is 11.9. The van der Waals surface area contributed by atoms with E-state index in [-0.39, 0.29) is 17.8 Å². The highest BCUT2D eigenvalue weighted by atomic mass is 32.2. The second-order valence-electron chi connectivity index (χ2n) is 11.8. The molecule has 0 amide bonds. The number of ether oxygens (including phenoxy) is 2. The van der Waals surface area contributed by atoms with E-state index in [0.717, 1.165) is 43.0 Å². The monoisotopic (exact) mass is 524 g/mol. The number of likely N-dealkylation sites (N-methyl/N-ethyl adjacent to an activating group) is 1. The lowest BCUT2D eigenvalue weighted by molar-refractivity contribution is -0.195. The first-order valence-corrected chi connectivity index (χ1v) is 15.2. The third kappa shape index (κ3) is 3.32. The summed E-state index contributed by atoms with van der Waals surface area (Å²) in [7, 11) is -0.267. The lowest BCUT2D eigenvalue weighted by Gasteiger charge is -2.64. The van der Waals surface area contributed by atoms with Crippen LogP contribution >= 0.6 is 0 Å². The van der Waals surface area contributed by atoms with Gasteiger partial charge in [-0.1, -0.05) is 36.4 Å². The molecule has 7 rings (SSSR count). The van der Waals surface area contributed by atoms with E-state index in [0.29, 0.717) is 24.3 Å². The highest BCUT2D eigenvalue weighted by Crippen LogP contribution is 2.66. The number of nitrogens with zero attached hydrogens (tertiary/aromatic N) is 2. The van der Waals surface area contributed by atoms with Gasteiger partial charge in [-0.2, -0.15) is 4.31 Å². The van der Waals surface area contributed by atoms with E-state index in [4.69, 9.17) is 9.47 Å². The van der Waals surface area contributed by atoms with E-state index >= 15 is 0 Å². The van der Waals surface area contributed by atoms with Gasteiger partial charge in [0.05, 0.1) is 29.9 Å². The van der Waals surface area contributed by atoms with Crippen LogP contribution in [-0.4, -0.2) is 73.8 Å². The predicted molar refractivity (Wildman–Crippen MR) is 140 cm³/mol. The van der Waals surface area contributed by atoms with Crippen molar-refractivity contribution in [3.05, 3.63) is 59.2 Å². The Morgan fingerprint density at radius 3 is 2.65 bits per heavy atom. The smallest absolute Gasteiger partial charge is 0.218 e. The quantitative estimate of drug-likeness (QED) is 0.600. The number of rotatable bonds is 7. The summed E-state index contributed by atoms with van der Waals surface area (Å²) in [6.07, 6.45) is 4.77. The molecule has 1 saturated heterocycles. The molecule has 1 spiro atoms. The predicted octanol–water partition coefficient (Wildman–Crippen LogP) is 3.09. The van der Waals surface area contributed by atoms with Crippen LogP contribution in [0.3, 0.4) is 0 Å². The number of likely N-dealkylation sites (tertiary alicyclic amines) is 1. The molecule has 0 unspecified atom stereocenters. The van der Waals surface area contributed by atoms with Crippen LogP contribution in [0.5, 0.6) is 11.5 Å². The fraction of sp³-hybridized carbons (Fsp3) is 0.586. The molecule has 2 aromatic carbocycles. The Bertz CT molecular complexity index is 1330. The summed E-state index contributed by atoms with van der Waals surface area (Å²) < 4.78 is 41.3. The van der Waals surface area contributed by atoms with E-state index < -0.39 is 27.1 Å². The number of hydrogen-bond acceptors (Lipinski definition) is 6. The maximum atomic E-state index is 13.7. The highest BCUT2D eigenvalue weighted by molar-refractivity contribution is 7.88. The topological polar surface area (TPSA) is 79.3 Å². The van der Waals surface area contributed by atoms with Crippen molar-refractivity contribution in [3.8, 4) is 11.5 Å². The van der Waals surface area contributed by atoms with Crippen molar-refractivity contribution in [1.82, 2.24) is 9.21 Å². The zero-order chi connectivity index (χ0) is 25.6. The van der Waals surface area contributed by atoms with Gasteiger partial charge < -0.3 is 14.6 Å². The number of benzene rings is 2. The highest BCUT2D eigenvalue weighted by Gasteiger charge is 2.73. The number of hydrogen-bond donors (Lipinski definition) is 1. The van der Waals surface area contributed by atoms with Gasteiger partial charge in [-0.25, -0.2) is 8.42 Å². The molecule has 37 heavy (non-hydrogen) atoms. The van der Waals surface area contributed by atoms with Crippen LogP contribution in [0.2, 0.25) is 0 Å². The first-order chi connectivity index (χ1) is 17.8. The normalized spacial score (nSPS) is 34.2. The second-order valence-corrected chi connectivity index (χ2v) is 13.9. The van der Waals surface area contributed by atoms with Crippen LogP contribution in [0.4, 0.5) is 0 Å². The van der Waals surface area contributed by atoms with Crippen molar-refractivity contribution in [3.63, 3.8) is 0 Å². The van der Waals surface area contributed by atoms with Gasteiger partial charge in [0, 0.05) is 25.2 Å². The standard InChI is InChI=1S/C29H36N2O5S/c1-30(37(33,34)18-20-6-4-3-5-7-20)22-12-13-29(32)24-16-21-10-11-23(35-2)26-25(21)28(29,27(22)36-26)14-15-31(24)17-19-8-9-19/h3-7,10-11,19,22,24,27,32H,8-9,12-18H2,1-2H3/t22-,24-,27+,28+,29-/m1/s1. The Morgan fingerprint density at radius 2 is 1.92 bits per heavy atom. The fourth-order valence-electron chi connectivity index (χ4n) is 8.07. The minimum atomic E-state index is -3.60. The molecule has 0 radical (unpaired) electrons. The van der Waals surface area contributed by atoms with E-state index in [9.17, 15) is 13.5 Å². The van der Waals surface area contributed by atoms with Gasteiger partial charge in [0.2, 0.25) is 10.0 Å². The van der Waals surface area contributed by atoms with Crippen molar-refractivity contribution in [2.24, 2.45) is 5.92 Å². The number of methoxy groups -OCH3 is 1. The molecule has 5 aliphatic rings. The van der Waals surface area contributed by atoms with Crippen LogP contribution in [-0.2, 0) is 27.6 Å².